The van der Waals surface area contributed by atoms with Gasteiger partial charge >= 0.3 is 5.97 Å². The Balaban J connectivity index is 0.000000770. The summed E-state index contributed by atoms with van der Waals surface area (Å²) < 4.78 is 0. The molecular weight excluding hydrogens is 214 g/mol. The van der Waals surface area contributed by atoms with Gasteiger partial charge in [0.15, 0.2) is 0 Å². The molecule has 0 spiro atoms. The third-order valence-corrected chi connectivity index (χ3v) is 1.78. The normalized spacial score (nSPS) is 9.53. The van der Waals surface area contributed by atoms with E-state index in [1.54, 1.807) is 6.08 Å². The first kappa shape index (κ1) is 15.1. The summed E-state index contributed by atoms with van der Waals surface area (Å²) >= 11 is 0. The summed E-state index contributed by atoms with van der Waals surface area (Å²) in [5, 5.41) is 11.3. The van der Waals surface area contributed by atoms with Crippen LogP contribution in [0, 0.1) is 0 Å². The summed E-state index contributed by atoms with van der Waals surface area (Å²) in [6, 6.07) is 9.73. The average molecular weight is 233 g/mol. The van der Waals surface area contributed by atoms with E-state index in [4.69, 9.17) is 5.11 Å². The van der Waals surface area contributed by atoms with E-state index in [-0.39, 0.29) is 5.57 Å². The van der Waals surface area contributed by atoms with Gasteiger partial charge in [-0.15, -0.1) is 0 Å². The van der Waals surface area contributed by atoms with Crippen molar-refractivity contribution in [2.24, 2.45) is 0 Å². The van der Waals surface area contributed by atoms with Crippen molar-refractivity contribution >= 4 is 12.0 Å². The minimum absolute atomic E-state index is 0.206. The molecule has 0 aliphatic rings. The summed E-state index contributed by atoms with van der Waals surface area (Å²) in [5.74, 6) is -0.942. The summed E-state index contributed by atoms with van der Waals surface area (Å²) in [7, 11) is 3.75. The molecule has 1 aromatic carbocycles. The van der Waals surface area contributed by atoms with Gasteiger partial charge in [-0.05, 0) is 26.1 Å². The Labute approximate surface area is 102 Å². The van der Waals surface area contributed by atoms with Crippen LogP contribution in [0.1, 0.15) is 12.0 Å². The zero-order valence-corrected chi connectivity index (χ0v) is 10.3. The molecule has 0 saturated carbocycles. The van der Waals surface area contributed by atoms with Crippen molar-refractivity contribution in [1.82, 2.24) is 5.32 Å². The second-order valence-electron chi connectivity index (χ2n) is 3.43. The zero-order valence-electron chi connectivity index (χ0n) is 10.3. The highest BCUT2D eigenvalue weighted by Crippen LogP contribution is 2.05. The minimum Gasteiger partial charge on any atom is -0.478 e. The topological polar surface area (TPSA) is 49.3 Å². The molecule has 17 heavy (non-hydrogen) atoms. The van der Waals surface area contributed by atoms with Gasteiger partial charge in [-0.3, -0.25) is 0 Å². The van der Waals surface area contributed by atoms with E-state index in [0.29, 0.717) is 6.42 Å². The summed E-state index contributed by atoms with van der Waals surface area (Å²) in [5.41, 5.74) is 1.27. The number of hydrogen-bond donors (Lipinski definition) is 2. The number of benzene rings is 1. The Bertz CT molecular complexity index is 369. The Morgan fingerprint density at radius 2 is 1.88 bits per heavy atom. The Morgan fingerprint density at radius 3 is 2.35 bits per heavy atom. The first-order valence-electron chi connectivity index (χ1n) is 5.33. The fraction of sp³-hybridized carbons (Fsp3) is 0.214. The molecule has 0 aromatic heterocycles. The lowest BCUT2D eigenvalue weighted by molar-refractivity contribution is -0.132. The Hall–Kier alpha value is -1.87. The fourth-order valence-corrected chi connectivity index (χ4v) is 0.989. The predicted octanol–water partition coefficient (Wildman–Crippen LogP) is 2.57. The molecule has 0 radical (unpaired) electrons. The average Bonchev–Trinajstić information content (AvgIpc) is 2.31. The van der Waals surface area contributed by atoms with Crippen LogP contribution in [0.5, 0.6) is 0 Å². The van der Waals surface area contributed by atoms with Crippen molar-refractivity contribution < 1.29 is 9.90 Å². The number of hydrogen-bond acceptors (Lipinski definition) is 2. The SMILES string of the molecule is C=C(CC=Cc1ccccc1)C(=O)O.CNC. The molecule has 3 heteroatoms. The molecule has 0 fully saturated rings. The molecule has 2 N–H and O–H groups in total. The van der Waals surface area contributed by atoms with Gasteiger partial charge in [0.2, 0.25) is 0 Å². The van der Waals surface area contributed by atoms with E-state index < -0.39 is 5.97 Å². The van der Waals surface area contributed by atoms with E-state index in [1.165, 1.54) is 0 Å². The highest BCUT2D eigenvalue weighted by atomic mass is 16.4. The number of aliphatic carboxylic acids is 1. The van der Waals surface area contributed by atoms with E-state index >= 15 is 0 Å². The minimum atomic E-state index is -0.942. The third-order valence-electron chi connectivity index (χ3n) is 1.78. The molecule has 0 unspecified atom stereocenters. The smallest absolute Gasteiger partial charge is 0.331 e. The van der Waals surface area contributed by atoms with Crippen LogP contribution in [0.15, 0.2) is 48.6 Å². The van der Waals surface area contributed by atoms with Crippen LogP contribution in [0.25, 0.3) is 6.08 Å². The number of carboxylic acids is 1. The van der Waals surface area contributed by atoms with Crippen molar-refractivity contribution in [2.45, 2.75) is 6.42 Å². The Morgan fingerprint density at radius 1 is 1.35 bits per heavy atom. The number of carbonyl (C=O) groups is 1. The van der Waals surface area contributed by atoms with Gasteiger partial charge in [-0.2, -0.15) is 0 Å². The van der Waals surface area contributed by atoms with Crippen molar-refractivity contribution in [3.8, 4) is 0 Å². The van der Waals surface area contributed by atoms with Crippen LogP contribution < -0.4 is 5.32 Å². The van der Waals surface area contributed by atoms with E-state index in [9.17, 15) is 4.79 Å². The molecule has 1 aromatic rings. The van der Waals surface area contributed by atoms with Gasteiger partial charge in [-0.25, -0.2) is 4.79 Å². The highest BCUT2D eigenvalue weighted by Gasteiger charge is 1.99. The third kappa shape index (κ3) is 7.99. The van der Waals surface area contributed by atoms with Gasteiger partial charge in [-0.1, -0.05) is 49.1 Å². The van der Waals surface area contributed by atoms with Crippen LogP contribution >= 0.6 is 0 Å². The molecule has 0 bridgehead atoms. The maximum Gasteiger partial charge on any atom is 0.331 e. The molecule has 0 atom stereocenters. The molecule has 92 valence electrons. The summed E-state index contributed by atoms with van der Waals surface area (Å²) in [6.07, 6.45) is 4.06. The van der Waals surface area contributed by atoms with Crippen LogP contribution in [-0.2, 0) is 4.79 Å². The monoisotopic (exact) mass is 233 g/mol. The van der Waals surface area contributed by atoms with Gasteiger partial charge < -0.3 is 10.4 Å². The van der Waals surface area contributed by atoms with Crippen molar-refractivity contribution in [3.05, 3.63) is 54.1 Å². The molecular formula is C14H19NO2. The van der Waals surface area contributed by atoms with Crippen LogP contribution in [-0.4, -0.2) is 25.2 Å². The van der Waals surface area contributed by atoms with Crippen molar-refractivity contribution in [3.63, 3.8) is 0 Å². The maximum atomic E-state index is 10.4. The van der Waals surface area contributed by atoms with E-state index in [2.05, 4.69) is 11.9 Å². The summed E-state index contributed by atoms with van der Waals surface area (Å²) in [4.78, 5) is 10.4. The lowest BCUT2D eigenvalue weighted by atomic mass is 10.1. The van der Waals surface area contributed by atoms with Crippen LogP contribution in [0.4, 0.5) is 0 Å². The maximum absolute atomic E-state index is 10.4. The van der Waals surface area contributed by atoms with Crippen LogP contribution in [0.2, 0.25) is 0 Å². The molecule has 3 nitrogen and oxygen atoms in total. The molecule has 1 rings (SSSR count). The standard InChI is InChI=1S/C12H12O2.C2H7N/c1-10(12(13)14)6-5-9-11-7-3-2-4-8-11;1-3-2/h2-5,7-9H,1,6H2,(H,13,14);3H,1-2H3. The lowest BCUT2D eigenvalue weighted by Crippen LogP contribution is -1.96. The van der Waals surface area contributed by atoms with Gasteiger partial charge in [0, 0.05) is 5.57 Å². The fourth-order valence-electron chi connectivity index (χ4n) is 0.989. The molecule has 0 amide bonds. The zero-order chi connectivity index (χ0) is 13.1. The highest BCUT2D eigenvalue weighted by molar-refractivity contribution is 5.86. The first-order valence-corrected chi connectivity index (χ1v) is 5.33. The number of carboxylic acid groups (broad SMARTS) is 1. The van der Waals surface area contributed by atoms with E-state index in [1.807, 2.05) is 50.5 Å². The van der Waals surface area contributed by atoms with Gasteiger partial charge in [0.05, 0.1) is 0 Å². The molecule has 0 saturated heterocycles. The van der Waals surface area contributed by atoms with Gasteiger partial charge in [0.25, 0.3) is 0 Å². The quantitative estimate of drug-likeness (QED) is 0.786. The molecule has 0 heterocycles. The van der Waals surface area contributed by atoms with Gasteiger partial charge in [0.1, 0.15) is 0 Å². The molecule has 0 aliphatic heterocycles. The Kier molecular flexibility index (Phi) is 8.33. The lowest BCUT2D eigenvalue weighted by Gasteiger charge is -1.93. The van der Waals surface area contributed by atoms with Crippen LogP contribution in [0.3, 0.4) is 0 Å². The van der Waals surface area contributed by atoms with Crippen molar-refractivity contribution in [2.75, 3.05) is 14.1 Å². The number of rotatable bonds is 4. The molecule has 0 aliphatic carbocycles. The predicted molar refractivity (Wildman–Crippen MR) is 71.9 cm³/mol. The van der Waals surface area contributed by atoms with Crippen molar-refractivity contribution in [1.29, 1.82) is 0 Å². The van der Waals surface area contributed by atoms with E-state index in [0.717, 1.165) is 5.56 Å². The first-order chi connectivity index (χ1) is 8.11. The second-order valence-corrected chi connectivity index (χ2v) is 3.43. The second kappa shape index (κ2) is 9.36. The summed E-state index contributed by atoms with van der Waals surface area (Å²) in [6.45, 7) is 3.43. The number of allylic oxidation sites excluding steroid dienone is 1. The number of nitrogens with one attached hydrogen (secondary N) is 1. The largest absolute Gasteiger partial charge is 0.478 e.